The molecule has 132 valence electrons. The van der Waals surface area contributed by atoms with Gasteiger partial charge in [0.15, 0.2) is 5.69 Å². The molecule has 26 heavy (non-hydrogen) atoms. The van der Waals surface area contributed by atoms with Crippen molar-refractivity contribution in [1.82, 2.24) is 15.2 Å². The van der Waals surface area contributed by atoms with Crippen molar-refractivity contribution < 1.29 is 4.79 Å². The Morgan fingerprint density at radius 1 is 1.08 bits per heavy atom. The Balaban J connectivity index is 1.98. The van der Waals surface area contributed by atoms with Crippen molar-refractivity contribution in [3.63, 3.8) is 0 Å². The summed E-state index contributed by atoms with van der Waals surface area (Å²) in [4.78, 5) is 25.2. The monoisotopic (exact) mass is 348 g/mol. The first-order valence-electron chi connectivity index (χ1n) is 8.51. The van der Waals surface area contributed by atoms with E-state index in [1.807, 2.05) is 44.2 Å². The number of hydrogen-bond acceptors (Lipinski definition) is 4. The number of hydrogen-bond donors (Lipinski definition) is 1. The molecule has 2 aromatic carbocycles. The largest absolute Gasteiger partial charge is 0.292 e. The lowest BCUT2D eigenvalue weighted by atomic mass is 10.1. The Labute approximate surface area is 151 Å². The van der Waals surface area contributed by atoms with E-state index in [9.17, 15) is 9.59 Å². The van der Waals surface area contributed by atoms with Crippen LogP contribution in [0.4, 0.5) is 0 Å². The predicted molar refractivity (Wildman–Crippen MR) is 102 cm³/mol. The summed E-state index contributed by atoms with van der Waals surface area (Å²) in [7, 11) is 0. The van der Waals surface area contributed by atoms with E-state index in [0.29, 0.717) is 23.0 Å². The summed E-state index contributed by atoms with van der Waals surface area (Å²) in [5, 5.41) is 9.43. The molecule has 0 unspecified atom stereocenters. The number of rotatable bonds is 5. The van der Waals surface area contributed by atoms with Gasteiger partial charge in [-0.25, -0.2) is 10.1 Å². The average Bonchev–Trinajstić information content (AvgIpc) is 2.69. The molecule has 6 heteroatoms. The molecule has 0 bridgehead atoms. The van der Waals surface area contributed by atoms with Gasteiger partial charge in [-0.05, 0) is 25.0 Å². The molecule has 0 atom stereocenters. The minimum absolute atomic E-state index is 0.192. The number of nitrogens with one attached hydrogen (secondary N) is 1. The highest BCUT2D eigenvalue weighted by molar-refractivity contribution is 6.06. The van der Waals surface area contributed by atoms with Crippen molar-refractivity contribution in [3.05, 3.63) is 76.2 Å². The number of aromatic nitrogens is 2. The molecule has 6 nitrogen and oxygen atoms in total. The van der Waals surface area contributed by atoms with E-state index >= 15 is 0 Å². The highest BCUT2D eigenvalue weighted by Crippen LogP contribution is 2.13. The molecule has 1 amide bonds. The average molecular weight is 348 g/mol. The van der Waals surface area contributed by atoms with E-state index in [1.165, 1.54) is 4.68 Å². The number of benzene rings is 2. The second-order valence-electron chi connectivity index (χ2n) is 5.93. The van der Waals surface area contributed by atoms with Crippen LogP contribution in [0.3, 0.4) is 0 Å². The Morgan fingerprint density at radius 2 is 1.73 bits per heavy atom. The Bertz CT molecular complexity index is 1020. The van der Waals surface area contributed by atoms with Crippen LogP contribution in [0.15, 0.2) is 64.5 Å². The van der Waals surface area contributed by atoms with E-state index in [0.717, 1.165) is 12.0 Å². The molecule has 0 radical (unpaired) electrons. The summed E-state index contributed by atoms with van der Waals surface area (Å²) in [6.45, 7) is 4.23. The smallest absolute Gasteiger partial charge is 0.267 e. The highest BCUT2D eigenvalue weighted by atomic mass is 16.2. The van der Waals surface area contributed by atoms with Gasteiger partial charge in [0.25, 0.3) is 11.5 Å². The molecule has 1 N–H and O–H groups in total. The van der Waals surface area contributed by atoms with Crippen molar-refractivity contribution in [2.75, 3.05) is 0 Å². The Morgan fingerprint density at radius 3 is 2.42 bits per heavy atom. The summed E-state index contributed by atoms with van der Waals surface area (Å²) in [5.74, 6) is -0.443. The normalized spacial score (nSPS) is 11.5. The second kappa shape index (κ2) is 7.74. The van der Waals surface area contributed by atoms with Gasteiger partial charge in [0.2, 0.25) is 0 Å². The third-order valence-corrected chi connectivity index (χ3v) is 4.03. The van der Waals surface area contributed by atoms with E-state index in [4.69, 9.17) is 0 Å². The highest BCUT2D eigenvalue weighted by Gasteiger charge is 2.16. The van der Waals surface area contributed by atoms with Crippen LogP contribution in [-0.4, -0.2) is 21.4 Å². The van der Waals surface area contributed by atoms with Crippen molar-refractivity contribution in [2.45, 2.75) is 26.8 Å². The van der Waals surface area contributed by atoms with E-state index in [-0.39, 0.29) is 11.3 Å². The first-order chi connectivity index (χ1) is 12.6. The van der Waals surface area contributed by atoms with E-state index in [2.05, 4.69) is 15.6 Å². The zero-order chi connectivity index (χ0) is 18.5. The SMILES string of the molecule is CCCn1nc(C(=O)N/N=C(\C)c2ccccc2)c2ccccc2c1=O. The molecule has 3 rings (SSSR count). The molecule has 0 aliphatic rings. The fraction of sp³-hybridized carbons (Fsp3) is 0.200. The molecule has 0 spiro atoms. The molecule has 0 saturated carbocycles. The number of hydrazone groups is 1. The topological polar surface area (TPSA) is 76.3 Å². The Hall–Kier alpha value is -3.28. The maximum atomic E-state index is 12.7. The van der Waals surface area contributed by atoms with Gasteiger partial charge in [0.05, 0.1) is 11.1 Å². The molecule has 0 aliphatic heterocycles. The quantitative estimate of drug-likeness (QED) is 0.569. The fourth-order valence-electron chi connectivity index (χ4n) is 2.70. The van der Waals surface area contributed by atoms with Gasteiger partial charge < -0.3 is 0 Å². The number of aryl methyl sites for hydroxylation is 1. The molecular weight excluding hydrogens is 328 g/mol. The van der Waals surface area contributed by atoms with Crippen LogP contribution in [0, 0.1) is 0 Å². The first kappa shape index (κ1) is 17.5. The summed E-state index contributed by atoms with van der Waals surface area (Å²) >= 11 is 0. The van der Waals surface area contributed by atoms with Crippen LogP contribution in [0.2, 0.25) is 0 Å². The maximum Gasteiger partial charge on any atom is 0.292 e. The number of nitrogens with zero attached hydrogens (tertiary/aromatic N) is 3. The molecule has 1 aromatic heterocycles. The third kappa shape index (κ3) is 3.54. The van der Waals surface area contributed by atoms with Crippen LogP contribution < -0.4 is 11.0 Å². The van der Waals surface area contributed by atoms with Gasteiger partial charge in [-0.15, -0.1) is 0 Å². The molecule has 0 aliphatic carbocycles. The number of fused-ring (bicyclic) bond motifs is 1. The van der Waals surface area contributed by atoms with E-state index < -0.39 is 5.91 Å². The molecule has 0 saturated heterocycles. The van der Waals surface area contributed by atoms with Crippen molar-refractivity contribution in [1.29, 1.82) is 0 Å². The fourth-order valence-corrected chi connectivity index (χ4v) is 2.70. The molecule has 0 fully saturated rings. The third-order valence-electron chi connectivity index (χ3n) is 4.03. The van der Waals surface area contributed by atoms with Gasteiger partial charge in [-0.3, -0.25) is 9.59 Å². The van der Waals surface area contributed by atoms with Gasteiger partial charge in [0, 0.05) is 11.9 Å². The predicted octanol–water partition coefficient (Wildman–Crippen LogP) is 2.96. The van der Waals surface area contributed by atoms with Crippen molar-refractivity contribution in [3.8, 4) is 0 Å². The van der Waals surface area contributed by atoms with Crippen LogP contribution in [0.5, 0.6) is 0 Å². The summed E-state index contributed by atoms with van der Waals surface area (Å²) in [6, 6.07) is 16.6. The van der Waals surface area contributed by atoms with Gasteiger partial charge in [-0.1, -0.05) is 55.5 Å². The minimum Gasteiger partial charge on any atom is -0.267 e. The number of amides is 1. The first-order valence-corrected chi connectivity index (χ1v) is 8.51. The van der Waals surface area contributed by atoms with Crippen LogP contribution in [0.1, 0.15) is 36.3 Å². The minimum atomic E-state index is -0.443. The van der Waals surface area contributed by atoms with Gasteiger partial charge in [0.1, 0.15) is 0 Å². The Kier molecular flexibility index (Phi) is 5.22. The van der Waals surface area contributed by atoms with Crippen molar-refractivity contribution >= 4 is 22.4 Å². The number of carbonyl (C=O) groups excluding carboxylic acids is 1. The van der Waals surface area contributed by atoms with Gasteiger partial charge in [-0.2, -0.15) is 10.2 Å². The second-order valence-corrected chi connectivity index (χ2v) is 5.93. The number of carbonyl (C=O) groups is 1. The molecule has 1 heterocycles. The molecule has 3 aromatic rings. The zero-order valence-corrected chi connectivity index (χ0v) is 14.8. The summed E-state index contributed by atoms with van der Waals surface area (Å²) < 4.78 is 1.34. The summed E-state index contributed by atoms with van der Waals surface area (Å²) in [6.07, 6.45) is 0.748. The lowest BCUT2D eigenvalue weighted by Crippen LogP contribution is -2.29. The lowest BCUT2D eigenvalue weighted by molar-refractivity contribution is 0.0949. The van der Waals surface area contributed by atoms with Crippen LogP contribution >= 0.6 is 0 Å². The van der Waals surface area contributed by atoms with Crippen LogP contribution in [0.25, 0.3) is 10.8 Å². The van der Waals surface area contributed by atoms with Crippen molar-refractivity contribution in [2.24, 2.45) is 5.10 Å². The summed E-state index contributed by atoms with van der Waals surface area (Å²) in [5.41, 5.74) is 4.15. The van der Waals surface area contributed by atoms with Crippen LogP contribution in [-0.2, 0) is 6.54 Å². The molecular formula is C20H20N4O2. The maximum absolute atomic E-state index is 12.7. The zero-order valence-electron chi connectivity index (χ0n) is 14.8. The van der Waals surface area contributed by atoms with Gasteiger partial charge >= 0.3 is 0 Å². The standard InChI is InChI=1S/C20H20N4O2/c1-3-13-24-20(26)17-12-8-7-11-16(17)18(23-24)19(25)22-21-14(2)15-9-5-4-6-10-15/h4-12H,3,13H2,1-2H3,(H,22,25)/b21-14+. The van der Waals surface area contributed by atoms with E-state index in [1.54, 1.807) is 24.3 Å². The lowest BCUT2D eigenvalue weighted by Gasteiger charge is -2.09.